The number of ether oxygens (including phenoxy) is 1. The first-order valence-electron chi connectivity index (χ1n) is 6.26. The molecule has 0 spiro atoms. The van der Waals surface area contributed by atoms with E-state index in [-0.39, 0.29) is 5.91 Å². The molecule has 1 fully saturated rings. The number of nitrogens with zero attached hydrogens (tertiary/aromatic N) is 1. The molecule has 1 amide bonds. The van der Waals surface area contributed by atoms with Crippen molar-refractivity contribution in [3.05, 3.63) is 11.3 Å². The van der Waals surface area contributed by atoms with Crippen molar-refractivity contribution < 1.29 is 9.53 Å². The standard InChI is InChI=1S/C12H17N3O2/c16-11(6-8-2-1-3-8)13-12-9-7-17-5-4-10(9)14-15-12/h8H,1-7H2,(H2,13,14,15,16). The fourth-order valence-corrected chi connectivity index (χ4v) is 2.36. The van der Waals surface area contributed by atoms with Crippen LogP contribution in [0.15, 0.2) is 0 Å². The maximum absolute atomic E-state index is 11.8. The SMILES string of the molecule is O=C(CC1CCC1)Nc1n[nH]c2c1COCC2. The second kappa shape index (κ2) is 4.49. The number of carbonyl (C=O) groups excluding carboxylic acids is 1. The number of aromatic amines is 1. The second-order valence-corrected chi connectivity index (χ2v) is 4.88. The Morgan fingerprint density at radius 3 is 3.18 bits per heavy atom. The van der Waals surface area contributed by atoms with E-state index in [0.717, 1.165) is 24.3 Å². The van der Waals surface area contributed by atoms with Crippen LogP contribution in [-0.2, 0) is 22.6 Å². The maximum atomic E-state index is 11.8. The van der Waals surface area contributed by atoms with Gasteiger partial charge in [0, 0.05) is 24.1 Å². The Bertz CT molecular complexity index is 423. The van der Waals surface area contributed by atoms with Gasteiger partial charge >= 0.3 is 0 Å². The Labute approximate surface area is 99.9 Å². The minimum absolute atomic E-state index is 0.0783. The van der Waals surface area contributed by atoms with E-state index < -0.39 is 0 Å². The smallest absolute Gasteiger partial charge is 0.225 e. The molecule has 1 aromatic heterocycles. The summed E-state index contributed by atoms with van der Waals surface area (Å²) in [5, 5.41) is 10.0. The molecular weight excluding hydrogens is 218 g/mol. The number of fused-ring (bicyclic) bond motifs is 1. The van der Waals surface area contributed by atoms with Gasteiger partial charge in [-0.3, -0.25) is 9.89 Å². The summed E-state index contributed by atoms with van der Waals surface area (Å²) in [5.74, 6) is 1.32. The van der Waals surface area contributed by atoms with Crippen molar-refractivity contribution in [2.45, 2.75) is 38.7 Å². The molecule has 17 heavy (non-hydrogen) atoms. The van der Waals surface area contributed by atoms with Crippen LogP contribution >= 0.6 is 0 Å². The van der Waals surface area contributed by atoms with Crippen molar-refractivity contribution in [3.63, 3.8) is 0 Å². The Morgan fingerprint density at radius 1 is 1.53 bits per heavy atom. The van der Waals surface area contributed by atoms with Gasteiger partial charge in [0.2, 0.25) is 5.91 Å². The highest BCUT2D eigenvalue weighted by atomic mass is 16.5. The highest BCUT2D eigenvalue weighted by molar-refractivity contribution is 5.90. The molecule has 0 aromatic carbocycles. The fourth-order valence-electron chi connectivity index (χ4n) is 2.36. The summed E-state index contributed by atoms with van der Waals surface area (Å²) in [7, 11) is 0. The molecule has 1 aliphatic heterocycles. The molecule has 3 rings (SSSR count). The van der Waals surface area contributed by atoms with Gasteiger partial charge in [0.05, 0.1) is 13.2 Å². The molecule has 0 atom stereocenters. The van der Waals surface area contributed by atoms with Crippen molar-refractivity contribution in [2.75, 3.05) is 11.9 Å². The average Bonchev–Trinajstić information content (AvgIpc) is 2.68. The molecule has 0 radical (unpaired) electrons. The number of amides is 1. The Morgan fingerprint density at radius 2 is 2.41 bits per heavy atom. The van der Waals surface area contributed by atoms with Crippen molar-refractivity contribution >= 4 is 11.7 Å². The van der Waals surface area contributed by atoms with Crippen LogP contribution in [0.5, 0.6) is 0 Å². The van der Waals surface area contributed by atoms with Crippen LogP contribution in [-0.4, -0.2) is 22.7 Å². The third-order valence-electron chi connectivity index (χ3n) is 3.65. The lowest BCUT2D eigenvalue weighted by Crippen LogP contribution is -2.21. The lowest BCUT2D eigenvalue weighted by atomic mass is 9.83. The van der Waals surface area contributed by atoms with Crippen molar-refractivity contribution in [1.29, 1.82) is 0 Å². The fraction of sp³-hybridized carbons (Fsp3) is 0.667. The first-order valence-corrected chi connectivity index (χ1v) is 6.26. The van der Waals surface area contributed by atoms with Gasteiger partial charge in [0.1, 0.15) is 0 Å². The van der Waals surface area contributed by atoms with E-state index in [1.165, 1.54) is 19.3 Å². The van der Waals surface area contributed by atoms with Crippen LogP contribution in [0, 0.1) is 5.92 Å². The minimum atomic E-state index is 0.0783. The number of carbonyl (C=O) groups is 1. The summed E-state index contributed by atoms with van der Waals surface area (Å²) in [6.45, 7) is 1.27. The Kier molecular flexibility index (Phi) is 2.84. The van der Waals surface area contributed by atoms with Crippen molar-refractivity contribution in [1.82, 2.24) is 10.2 Å². The van der Waals surface area contributed by atoms with Crippen molar-refractivity contribution in [2.24, 2.45) is 5.92 Å². The predicted molar refractivity (Wildman–Crippen MR) is 62.5 cm³/mol. The zero-order chi connectivity index (χ0) is 11.7. The molecule has 5 heteroatoms. The van der Waals surface area contributed by atoms with E-state index >= 15 is 0 Å². The van der Waals surface area contributed by atoms with E-state index in [2.05, 4.69) is 15.5 Å². The maximum Gasteiger partial charge on any atom is 0.225 e. The number of hydrogen-bond acceptors (Lipinski definition) is 3. The van der Waals surface area contributed by atoms with E-state index in [1.807, 2.05) is 0 Å². The van der Waals surface area contributed by atoms with Gasteiger partial charge in [-0.1, -0.05) is 6.42 Å². The van der Waals surface area contributed by atoms with Crippen LogP contribution in [0.2, 0.25) is 0 Å². The molecule has 1 aliphatic carbocycles. The van der Waals surface area contributed by atoms with Gasteiger partial charge in [0.15, 0.2) is 5.82 Å². The number of rotatable bonds is 3. The molecule has 0 bridgehead atoms. The molecule has 0 unspecified atom stereocenters. The highest BCUT2D eigenvalue weighted by Gasteiger charge is 2.23. The molecule has 1 saturated carbocycles. The Balaban J connectivity index is 1.63. The molecule has 1 aromatic rings. The van der Waals surface area contributed by atoms with Crippen LogP contribution < -0.4 is 5.32 Å². The van der Waals surface area contributed by atoms with Crippen LogP contribution in [0.3, 0.4) is 0 Å². The van der Waals surface area contributed by atoms with Crippen LogP contribution in [0.1, 0.15) is 36.9 Å². The van der Waals surface area contributed by atoms with Gasteiger partial charge in [-0.15, -0.1) is 0 Å². The first-order chi connectivity index (χ1) is 8.33. The van der Waals surface area contributed by atoms with Crippen molar-refractivity contribution in [3.8, 4) is 0 Å². The number of anilines is 1. The second-order valence-electron chi connectivity index (χ2n) is 4.88. The third kappa shape index (κ3) is 2.20. The molecule has 5 nitrogen and oxygen atoms in total. The summed E-state index contributed by atoms with van der Waals surface area (Å²) >= 11 is 0. The predicted octanol–water partition coefficient (Wildman–Crippen LogP) is 1.61. The van der Waals surface area contributed by atoms with E-state index in [1.54, 1.807) is 0 Å². The molecule has 2 heterocycles. The van der Waals surface area contributed by atoms with Gasteiger partial charge in [0.25, 0.3) is 0 Å². The first kappa shape index (κ1) is 10.8. The lowest BCUT2D eigenvalue weighted by molar-refractivity contribution is -0.117. The van der Waals surface area contributed by atoms with E-state index in [0.29, 0.717) is 24.8 Å². The van der Waals surface area contributed by atoms with E-state index in [9.17, 15) is 4.79 Å². The monoisotopic (exact) mass is 235 g/mol. The third-order valence-corrected chi connectivity index (χ3v) is 3.65. The molecule has 92 valence electrons. The Hall–Kier alpha value is -1.36. The summed E-state index contributed by atoms with van der Waals surface area (Å²) in [4.78, 5) is 11.8. The zero-order valence-corrected chi connectivity index (χ0v) is 9.79. The van der Waals surface area contributed by atoms with Crippen LogP contribution in [0.4, 0.5) is 5.82 Å². The van der Waals surface area contributed by atoms with Crippen LogP contribution in [0.25, 0.3) is 0 Å². The molecule has 0 saturated heterocycles. The number of nitrogens with one attached hydrogen (secondary N) is 2. The topological polar surface area (TPSA) is 67.0 Å². The van der Waals surface area contributed by atoms with Gasteiger partial charge in [-0.05, 0) is 18.8 Å². The average molecular weight is 235 g/mol. The highest BCUT2D eigenvalue weighted by Crippen LogP contribution is 2.30. The molecule has 2 N–H and O–H groups in total. The van der Waals surface area contributed by atoms with Gasteiger partial charge < -0.3 is 10.1 Å². The molecule has 2 aliphatic rings. The minimum Gasteiger partial charge on any atom is -0.376 e. The summed E-state index contributed by atoms with van der Waals surface area (Å²) in [6, 6.07) is 0. The zero-order valence-electron chi connectivity index (χ0n) is 9.79. The summed E-state index contributed by atoms with van der Waals surface area (Å²) in [6.07, 6.45) is 5.12. The summed E-state index contributed by atoms with van der Waals surface area (Å²) in [5.41, 5.74) is 2.11. The molecular formula is C12H17N3O2. The quantitative estimate of drug-likeness (QED) is 0.836. The summed E-state index contributed by atoms with van der Waals surface area (Å²) < 4.78 is 5.38. The number of hydrogen-bond donors (Lipinski definition) is 2. The number of aromatic nitrogens is 2. The normalized spacial score (nSPS) is 19.5. The van der Waals surface area contributed by atoms with Gasteiger partial charge in [-0.25, -0.2) is 0 Å². The van der Waals surface area contributed by atoms with E-state index in [4.69, 9.17) is 4.74 Å². The number of H-pyrrole nitrogens is 1. The largest absolute Gasteiger partial charge is 0.376 e. The van der Waals surface area contributed by atoms with Gasteiger partial charge in [-0.2, -0.15) is 5.10 Å². The lowest BCUT2D eigenvalue weighted by Gasteiger charge is -2.24.